The highest BCUT2D eigenvalue weighted by molar-refractivity contribution is 7.15. The minimum absolute atomic E-state index is 0.136. The van der Waals surface area contributed by atoms with Gasteiger partial charge in [0.2, 0.25) is 0 Å². The molecule has 8 heteroatoms. The van der Waals surface area contributed by atoms with Crippen LogP contribution in [0.15, 0.2) is 70.5 Å². The fraction of sp³-hybridized carbons (Fsp3) is 0.185. The van der Waals surface area contributed by atoms with Gasteiger partial charge in [0, 0.05) is 16.5 Å². The summed E-state index contributed by atoms with van der Waals surface area (Å²) in [6.45, 7) is 4.16. The highest BCUT2D eigenvalue weighted by Gasteiger charge is 2.31. The lowest BCUT2D eigenvalue weighted by atomic mass is 10.1. The first-order valence-corrected chi connectivity index (χ1v) is 12.1. The average molecular weight is 490 g/mol. The van der Waals surface area contributed by atoms with Crippen LogP contribution in [-0.2, 0) is 4.74 Å². The second kappa shape index (κ2) is 9.68. The minimum Gasteiger partial charge on any atom is -0.485 e. The van der Waals surface area contributed by atoms with Crippen molar-refractivity contribution in [1.29, 1.82) is 0 Å². The molecular weight excluding hydrogens is 466 g/mol. The topological polar surface area (TPSA) is 87.0 Å². The number of para-hydroxylation sites is 2. The molecule has 2 aromatic heterocycles. The Morgan fingerprint density at radius 2 is 1.83 bits per heavy atom. The molecule has 4 aromatic rings. The molecule has 2 aromatic carbocycles. The number of hydrogen-bond donors (Lipinski definition) is 1. The molecule has 0 saturated carbocycles. The van der Waals surface area contributed by atoms with E-state index in [9.17, 15) is 9.59 Å². The molecule has 5 rings (SSSR count). The van der Waals surface area contributed by atoms with Gasteiger partial charge in [-0.2, -0.15) is 0 Å². The summed E-state index contributed by atoms with van der Waals surface area (Å²) in [6.07, 6.45) is -0.525. The third-order valence-corrected chi connectivity index (χ3v) is 6.46. The standard InChI is InChI=1S/C27H23NO6S/c1-3-31-27(30)24-18(23-14-32-20-6-4-5-7-21(20)34-23)15-35-26(24)28-25(29)22-13-12-19(33-22)17-10-8-16(2)9-11-17/h4-13,15,23H,3,14H2,1-2H3,(H,28,29). The number of carbonyl (C=O) groups is 2. The molecule has 0 bridgehead atoms. The lowest BCUT2D eigenvalue weighted by Crippen LogP contribution is -2.23. The number of anilines is 1. The minimum atomic E-state index is -0.540. The third-order valence-electron chi connectivity index (χ3n) is 5.55. The van der Waals surface area contributed by atoms with E-state index in [1.807, 2.05) is 55.5 Å². The smallest absolute Gasteiger partial charge is 0.341 e. The van der Waals surface area contributed by atoms with Gasteiger partial charge in [0.15, 0.2) is 23.4 Å². The Hall–Kier alpha value is -4.04. The van der Waals surface area contributed by atoms with Crippen molar-refractivity contribution in [3.8, 4) is 22.8 Å². The number of esters is 1. The molecule has 1 N–H and O–H groups in total. The van der Waals surface area contributed by atoms with Crippen molar-refractivity contribution >= 4 is 28.2 Å². The summed E-state index contributed by atoms with van der Waals surface area (Å²) in [4.78, 5) is 25.9. The number of fused-ring (bicyclic) bond motifs is 1. The highest BCUT2D eigenvalue weighted by Crippen LogP contribution is 2.40. The fourth-order valence-corrected chi connectivity index (χ4v) is 4.77. The lowest BCUT2D eigenvalue weighted by molar-refractivity contribution is 0.0513. The van der Waals surface area contributed by atoms with Crippen molar-refractivity contribution in [2.45, 2.75) is 20.0 Å². The van der Waals surface area contributed by atoms with Gasteiger partial charge in [-0.15, -0.1) is 11.3 Å². The van der Waals surface area contributed by atoms with Crippen LogP contribution in [0.3, 0.4) is 0 Å². The molecule has 0 saturated heterocycles. The van der Waals surface area contributed by atoms with Crippen molar-refractivity contribution in [2.24, 2.45) is 0 Å². The van der Waals surface area contributed by atoms with Crippen LogP contribution in [0.2, 0.25) is 0 Å². The summed E-state index contributed by atoms with van der Waals surface area (Å²) in [5, 5.41) is 4.95. The zero-order valence-corrected chi connectivity index (χ0v) is 20.0. The van der Waals surface area contributed by atoms with Gasteiger partial charge in [0.05, 0.1) is 6.61 Å². The maximum absolute atomic E-state index is 13.0. The number of aryl methyl sites for hydroxylation is 1. The number of thiophene rings is 1. The SMILES string of the molecule is CCOC(=O)c1c(C2COc3ccccc3O2)csc1NC(=O)c1ccc(-c2ccc(C)cc2)o1. The Morgan fingerprint density at radius 3 is 2.60 bits per heavy atom. The summed E-state index contributed by atoms with van der Waals surface area (Å²) in [5.74, 6) is 0.951. The van der Waals surface area contributed by atoms with E-state index in [1.54, 1.807) is 24.4 Å². The number of nitrogens with one attached hydrogen (secondary N) is 1. The number of carbonyl (C=O) groups excluding carboxylic acids is 2. The molecule has 7 nitrogen and oxygen atoms in total. The van der Waals surface area contributed by atoms with E-state index >= 15 is 0 Å². The molecule has 1 atom stereocenters. The van der Waals surface area contributed by atoms with Gasteiger partial charge in [-0.1, -0.05) is 42.0 Å². The maximum atomic E-state index is 13.0. The van der Waals surface area contributed by atoms with Crippen molar-refractivity contribution < 1.29 is 28.2 Å². The second-order valence-electron chi connectivity index (χ2n) is 7.96. The van der Waals surface area contributed by atoms with Gasteiger partial charge in [-0.05, 0) is 38.1 Å². The van der Waals surface area contributed by atoms with Gasteiger partial charge in [0.25, 0.3) is 5.91 Å². The summed E-state index contributed by atoms with van der Waals surface area (Å²) in [5.41, 5.74) is 2.85. The summed E-state index contributed by atoms with van der Waals surface area (Å²) < 4.78 is 23.0. The molecular formula is C27H23NO6S. The molecule has 0 spiro atoms. The maximum Gasteiger partial charge on any atom is 0.341 e. The predicted molar refractivity (Wildman–Crippen MR) is 132 cm³/mol. The Balaban J connectivity index is 1.40. The van der Waals surface area contributed by atoms with Crippen molar-refractivity contribution in [2.75, 3.05) is 18.5 Å². The monoisotopic (exact) mass is 489 g/mol. The number of amides is 1. The number of benzene rings is 2. The summed E-state index contributed by atoms with van der Waals surface area (Å²) in [6, 6.07) is 18.5. The van der Waals surface area contributed by atoms with Crippen molar-refractivity contribution in [1.82, 2.24) is 0 Å². The van der Waals surface area contributed by atoms with Gasteiger partial charge >= 0.3 is 5.97 Å². The van der Waals surface area contributed by atoms with E-state index in [0.29, 0.717) is 27.8 Å². The molecule has 178 valence electrons. The summed E-state index contributed by atoms with van der Waals surface area (Å²) in [7, 11) is 0. The molecule has 1 unspecified atom stereocenters. The average Bonchev–Trinajstić information content (AvgIpc) is 3.52. The Labute approximate surface area is 206 Å². The van der Waals surface area contributed by atoms with E-state index in [4.69, 9.17) is 18.6 Å². The zero-order valence-electron chi connectivity index (χ0n) is 19.2. The molecule has 1 aliphatic heterocycles. The molecule has 0 aliphatic carbocycles. The van der Waals surface area contributed by atoms with Crippen LogP contribution in [0, 0.1) is 6.92 Å². The molecule has 0 fully saturated rings. The van der Waals surface area contributed by atoms with Crippen LogP contribution in [0.4, 0.5) is 5.00 Å². The lowest BCUT2D eigenvalue weighted by Gasteiger charge is -2.26. The first kappa shape index (κ1) is 22.7. The molecule has 1 aliphatic rings. The normalized spacial score (nSPS) is 14.4. The van der Waals surface area contributed by atoms with Gasteiger partial charge in [-0.3, -0.25) is 4.79 Å². The largest absolute Gasteiger partial charge is 0.485 e. The third kappa shape index (κ3) is 4.65. The Bertz CT molecular complexity index is 1370. The van der Waals surface area contributed by atoms with E-state index in [0.717, 1.165) is 11.1 Å². The number of furan rings is 1. The van der Waals surface area contributed by atoms with Gasteiger partial charge in [0.1, 0.15) is 22.9 Å². The van der Waals surface area contributed by atoms with E-state index < -0.39 is 18.0 Å². The van der Waals surface area contributed by atoms with Crippen LogP contribution in [0.25, 0.3) is 11.3 Å². The van der Waals surface area contributed by atoms with Crippen LogP contribution >= 0.6 is 11.3 Å². The van der Waals surface area contributed by atoms with Crippen molar-refractivity contribution in [3.05, 3.63) is 88.5 Å². The first-order valence-electron chi connectivity index (χ1n) is 11.2. The van der Waals surface area contributed by atoms with E-state index in [2.05, 4.69) is 5.32 Å². The molecule has 0 radical (unpaired) electrons. The van der Waals surface area contributed by atoms with Crippen LogP contribution < -0.4 is 14.8 Å². The summed E-state index contributed by atoms with van der Waals surface area (Å²) >= 11 is 1.22. The fourth-order valence-electron chi connectivity index (χ4n) is 3.78. The van der Waals surface area contributed by atoms with Crippen molar-refractivity contribution in [3.63, 3.8) is 0 Å². The molecule has 1 amide bonds. The quantitative estimate of drug-likeness (QED) is 0.322. The van der Waals surface area contributed by atoms with E-state index in [1.165, 1.54) is 11.3 Å². The number of hydrogen-bond acceptors (Lipinski definition) is 7. The Morgan fingerprint density at radius 1 is 1.06 bits per heavy atom. The van der Waals surface area contributed by atoms with Gasteiger partial charge in [-0.25, -0.2) is 4.79 Å². The number of ether oxygens (including phenoxy) is 3. The van der Waals surface area contributed by atoms with Crippen LogP contribution in [-0.4, -0.2) is 25.1 Å². The molecule has 35 heavy (non-hydrogen) atoms. The zero-order chi connectivity index (χ0) is 24.4. The highest BCUT2D eigenvalue weighted by atomic mass is 32.1. The Kier molecular flexibility index (Phi) is 6.29. The van der Waals surface area contributed by atoms with Gasteiger partial charge < -0.3 is 23.9 Å². The second-order valence-corrected chi connectivity index (χ2v) is 8.84. The van der Waals surface area contributed by atoms with Crippen LogP contribution in [0.1, 0.15) is 45.1 Å². The van der Waals surface area contributed by atoms with E-state index in [-0.39, 0.29) is 24.5 Å². The van der Waals surface area contributed by atoms with Crippen LogP contribution in [0.5, 0.6) is 11.5 Å². The first-order chi connectivity index (χ1) is 17.0. The number of rotatable bonds is 6. The predicted octanol–water partition coefficient (Wildman–Crippen LogP) is 6.26. The molecule has 3 heterocycles.